The molecule has 0 bridgehead atoms. The van der Waals surface area contributed by atoms with Crippen LogP contribution in [0.4, 0.5) is 0 Å². The first-order valence-corrected chi connectivity index (χ1v) is 30.2. The SMILES string of the molecule is CC/C=C\C/C=C\C/C=C\C/C=C\C/C=C\CC(=O)OCC(COP(=O)(O)OCC(CO)OC(=O)CCCC/C=C\C/C=C\C/C=C\C/C=C\CC)OC(=O)CCCCCCCC/C=C\C/C=C\C/C=C\CCCCC. The first-order chi connectivity index (χ1) is 37.2. The minimum absolute atomic E-state index is 0.0196. The van der Waals surface area contributed by atoms with Crippen LogP contribution < -0.4 is 0 Å². The molecule has 0 heterocycles. The summed E-state index contributed by atoms with van der Waals surface area (Å²) in [5, 5.41) is 9.81. The molecule has 0 amide bonds. The monoisotopic (exact) mass is 1080 g/mol. The predicted octanol–water partition coefficient (Wildman–Crippen LogP) is 17.1. The second kappa shape index (κ2) is 56.6. The fourth-order valence-corrected chi connectivity index (χ4v) is 7.74. The molecule has 0 aromatic heterocycles. The van der Waals surface area contributed by atoms with Gasteiger partial charge in [0.15, 0.2) is 6.10 Å². The highest BCUT2D eigenvalue weighted by Crippen LogP contribution is 2.43. The number of phosphoric acid groups is 1. The van der Waals surface area contributed by atoms with Crippen LogP contribution in [-0.2, 0) is 42.2 Å². The number of carbonyl (C=O) groups excluding carboxylic acids is 3. The lowest BCUT2D eigenvalue weighted by Gasteiger charge is -2.21. The molecular weight excluding hydrogens is 976 g/mol. The lowest BCUT2D eigenvalue weighted by Crippen LogP contribution is -2.30. The number of ether oxygens (including phenoxy) is 3. The minimum Gasteiger partial charge on any atom is -0.461 e. The first kappa shape index (κ1) is 71.4. The second-order valence-corrected chi connectivity index (χ2v) is 19.8. The van der Waals surface area contributed by atoms with Gasteiger partial charge < -0.3 is 24.2 Å². The fourth-order valence-electron chi connectivity index (χ4n) is 6.95. The summed E-state index contributed by atoms with van der Waals surface area (Å²) >= 11 is 0. The highest BCUT2D eigenvalue weighted by molar-refractivity contribution is 7.47. The molecule has 0 spiro atoms. The topological polar surface area (TPSA) is 155 Å². The van der Waals surface area contributed by atoms with Crippen molar-refractivity contribution in [3.63, 3.8) is 0 Å². The zero-order chi connectivity index (χ0) is 55.5. The number of allylic oxidation sites excluding steroid dienone is 23. The van der Waals surface area contributed by atoms with E-state index in [2.05, 4.69) is 148 Å². The maximum atomic E-state index is 12.9. The molecule has 11 nitrogen and oxygen atoms in total. The number of aliphatic hydroxyl groups excluding tert-OH is 1. The summed E-state index contributed by atoms with van der Waals surface area (Å²) in [6, 6.07) is 0. The lowest BCUT2D eigenvalue weighted by molar-refractivity contribution is -0.161. The Hall–Kier alpha value is -4.64. The Morgan fingerprint density at radius 3 is 1.14 bits per heavy atom. The average molecular weight is 1080 g/mol. The van der Waals surface area contributed by atoms with Crippen LogP contribution in [0.2, 0.25) is 0 Å². The second-order valence-electron chi connectivity index (χ2n) is 18.3. The van der Waals surface area contributed by atoms with E-state index in [0.29, 0.717) is 19.3 Å². The van der Waals surface area contributed by atoms with Crippen molar-refractivity contribution in [2.24, 2.45) is 0 Å². The molecular formula is C64H101O11P. The van der Waals surface area contributed by atoms with Gasteiger partial charge in [-0.25, -0.2) is 4.57 Å². The molecule has 0 radical (unpaired) electrons. The number of hydrogen-bond acceptors (Lipinski definition) is 10. The smallest absolute Gasteiger partial charge is 0.461 e. The first-order valence-electron chi connectivity index (χ1n) is 28.7. The van der Waals surface area contributed by atoms with Crippen molar-refractivity contribution in [1.29, 1.82) is 0 Å². The number of carbonyl (C=O) groups is 3. The third kappa shape index (κ3) is 54.2. The molecule has 0 aromatic carbocycles. The maximum Gasteiger partial charge on any atom is 0.472 e. The van der Waals surface area contributed by atoms with E-state index < -0.39 is 64.4 Å². The lowest BCUT2D eigenvalue weighted by atomic mass is 10.1. The predicted molar refractivity (Wildman–Crippen MR) is 316 cm³/mol. The Labute approximate surface area is 461 Å². The van der Waals surface area contributed by atoms with E-state index in [4.69, 9.17) is 23.3 Å². The van der Waals surface area contributed by atoms with Crippen molar-refractivity contribution in [3.05, 3.63) is 146 Å². The number of unbranched alkanes of at least 4 members (excludes halogenated alkanes) is 11. The third-order valence-corrected chi connectivity index (χ3v) is 12.2. The van der Waals surface area contributed by atoms with E-state index >= 15 is 0 Å². The van der Waals surface area contributed by atoms with Crippen LogP contribution in [0.15, 0.2) is 146 Å². The molecule has 0 aliphatic heterocycles. The summed E-state index contributed by atoms with van der Waals surface area (Å²) in [5.74, 6) is -1.69. The van der Waals surface area contributed by atoms with Crippen LogP contribution in [-0.4, -0.2) is 66.5 Å². The van der Waals surface area contributed by atoms with Crippen molar-refractivity contribution >= 4 is 25.7 Å². The van der Waals surface area contributed by atoms with Crippen LogP contribution in [0.5, 0.6) is 0 Å². The number of aliphatic hydroxyl groups is 1. The molecule has 0 aromatic rings. The van der Waals surface area contributed by atoms with Crippen LogP contribution in [0.1, 0.15) is 201 Å². The van der Waals surface area contributed by atoms with Crippen LogP contribution in [0, 0.1) is 0 Å². The Morgan fingerprint density at radius 1 is 0.395 bits per heavy atom. The van der Waals surface area contributed by atoms with Crippen molar-refractivity contribution < 1.29 is 52.2 Å². The zero-order valence-corrected chi connectivity index (χ0v) is 48.0. The number of phosphoric ester groups is 1. The summed E-state index contributed by atoms with van der Waals surface area (Å²) in [7, 11) is -4.79. The van der Waals surface area contributed by atoms with Gasteiger partial charge in [-0.3, -0.25) is 23.4 Å². The Kier molecular flexibility index (Phi) is 53.1. The molecule has 12 heteroatoms. The number of rotatable bonds is 51. The molecule has 3 atom stereocenters. The zero-order valence-electron chi connectivity index (χ0n) is 47.2. The molecule has 0 saturated heterocycles. The van der Waals surface area contributed by atoms with Crippen LogP contribution in [0.3, 0.4) is 0 Å². The molecule has 428 valence electrons. The summed E-state index contributed by atoms with van der Waals surface area (Å²) in [6.45, 7) is 4.19. The molecule has 0 fully saturated rings. The van der Waals surface area contributed by atoms with Gasteiger partial charge in [-0.1, -0.05) is 205 Å². The maximum absolute atomic E-state index is 12.9. The van der Waals surface area contributed by atoms with Crippen LogP contribution >= 0.6 is 7.82 Å². The number of hydrogen-bond donors (Lipinski definition) is 2. The molecule has 3 unspecified atom stereocenters. The summed E-state index contributed by atoms with van der Waals surface area (Å²) in [4.78, 5) is 48.5. The van der Waals surface area contributed by atoms with Crippen molar-refractivity contribution in [2.75, 3.05) is 26.4 Å². The highest BCUT2D eigenvalue weighted by atomic mass is 31.2. The van der Waals surface area contributed by atoms with E-state index in [9.17, 15) is 28.9 Å². The third-order valence-electron chi connectivity index (χ3n) is 11.3. The molecule has 2 N–H and O–H groups in total. The van der Waals surface area contributed by atoms with Crippen molar-refractivity contribution in [2.45, 2.75) is 213 Å². The largest absolute Gasteiger partial charge is 0.472 e. The summed E-state index contributed by atoms with van der Waals surface area (Å²) in [6.07, 6.45) is 72.7. The Bertz CT molecular complexity index is 1830. The number of esters is 3. The van der Waals surface area contributed by atoms with Gasteiger partial charge in [0.1, 0.15) is 12.7 Å². The minimum atomic E-state index is -4.79. The molecule has 76 heavy (non-hydrogen) atoms. The summed E-state index contributed by atoms with van der Waals surface area (Å²) in [5.41, 5.74) is 0. The van der Waals surface area contributed by atoms with E-state index in [1.807, 2.05) is 12.2 Å². The van der Waals surface area contributed by atoms with Crippen molar-refractivity contribution in [1.82, 2.24) is 0 Å². The average Bonchev–Trinajstić information content (AvgIpc) is 3.41. The standard InChI is InChI=1S/C64H101O11P/c1-4-7-10-13-16-19-22-25-28-29-30-31-34-37-40-43-46-49-52-55-64(68)75-61(57-71-62(66)53-50-47-44-41-38-35-32-26-23-20-17-14-11-8-5-2)59-73-76(69,70)72-58-60(56-65)74-63(67)54-51-48-45-42-39-36-33-27-24-21-18-15-12-9-6-3/h8-9,11-12,16-21,25-28,30-33,38-39,41-42,47,50,60-61,65H,4-7,10,13-15,22-24,29,34-37,40,43-46,48-49,51-59H2,1-3H3,(H,69,70)/b11-8-,12-9-,19-16-,20-17-,21-18-,28-25-,31-30-,32-26-,33-27-,41-38-,42-39-,50-47-. The van der Waals surface area contributed by atoms with Crippen molar-refractivity contribution in [3.8, 4) is 0 Å². The molecule has 0 aliphatic carbocycles. The van der Waals surface area contributed by atoms with Gasteiger partial charge in [-0.2, -0.15) is 0 Å². The molecule has 0 saturated carbocycles. The normalized spacial score (nSPS) is 14.4. The van der Waals surface area contributed by atoms with E-state index in [1.54, 1.807) is 6.08 Å². The van der Waals surface area contributed by atoms with Gasteiger partial charge in [0, 0.05) is 12.8 Å². The van der Waals surface area contributed by atoms with E-state index in [-0.39, 0.29) is 19.3 Å². The van der Waals surface area contributed by atoms with Crippen LogP contribution in [0.25, 0.3) is 0 Å². The van der Waals surface area contributed by atoms with Gasteiger partial charge in [0.2, 0.25) is 0 Å². The van der Waals surface area contributed by atoms with E-state index in [1.165, 1.54) is 25.7 Å². The van der Waals surface area contributed by atoms with E-state index in [0.717, 1.165) is 116 Å². The fraction of sp³-hybridized carbons (Fsp3) is 0.578. The molecule has 0 rings (SSSR count). The quantitative estimate of drug-likeness (QED) is 0.0197. The van der Waals surface area contributed by atoms with Gasteiger partial charge in [-0.05, 0) is 122 Å². The molecule has 0 aliphatic rings. The highest BCUT2D eigenvalue weighted by Gasteiger charge is 2.28. The van der Waals surface area contributed by atoms with Gasteiger partial charge in [-0.15, -0.1) is 0 Å². The summed E-state index contributed by atoms with van der Waals surface area (Å²) < 4.78 is 39.3. The Balaban J connectivity index is 4.91. The van der Waals surface area contributed by atoms with Gasteiger partial charge >= 0.3 is 25.7 Å². The van der Waals surface area contributed by atoms with Gasteiger partial charge in [0.05, 0.1) is 26.2 Å². The van der Waals surface area contributed by atoms with Gasteiger partial charge in [0.25, 0.3) is 0 Å². The Morgan fingerprint density at radius 2 is 0.724 bits per heavy atom.